The van der Waals surface area contributed by atoms with Gasteiger partial charge in [0.15, 0.2) is 0 Å². The summed E-state index contributed by atoms with van der Waals surface area (Å²) in [6.07, 6.45) is 2.43. The third kappa shape index (κ3) is 2.57. The molecule has 0 heterocycles. The minimum Gasteiger partial charge on any atom is -0.269 e. The summed E-state index contributed by atoms with van der Waals surface area (Å²) in [5.74, 6) is 0. The van der Waals surface area contributed by atoms with E-state index >= 15 is 0 Å². The van der Waals surface area contributed by atoms with Crippen LogP contribution < -0.4 is 0 Å². The first-order valence-electron chi connectivity index (χ1n) is 4.55. The Hall–Kier alpha value is -0.357. The van der Waals surface area contributed by atoms with Crippen LogP contribution in [-0.2, 0) is 32.6 Å². The van der Waals surface area contributed by atoms with Crippen LogP contribution in [0.15, 0.2) is 36.4 Å². The third-order valence-corrected chi connectivity index (χ3v) is 2.29. The summed E-state index contributed by atoms with van der Waals surface area (Å²) in [6, 6.07) is 13.0. The number of aryl methyl sites for hydroxylation is 1. The fourth-order valence-electron chi connectivity index (χ4n) is 1.70. The molecule has 0 aliphatic heterocycles. The Balaban J connectivity index is 0.000000845. The number of fused-ring (bicyclic) bond motifs is 1. The predicted molar refractivity (Wildman–Crippen MR) is 56.0 cm³/mol. The van der Waals surface area contributed by atoms with E-state index in [0.717, 1.165) is 0 Å². The van der Waals surface area contributed by atoms with Crippen LogP contribution in [0.1, 0.15) is 18.9 Å². The molecule has 0 atom stereocenters. The van der Waals surface area contributed by atoms with Crippen molar-refractivity contribution in [2.24, 2.45) is 0 Å². The first kappa shape index (κ1) is 13.6. The minimum absolute atomic E-state index is 0. The van der Waals surface area contributed by atoms with Crippen molar-refractivity contribution >= 4 is 10.8 Å². The van der Waals surface area contributed by atoms with E-state index in [2.05, 4.69) is 43.3 Å². The van der Waals surface area contributed by atoms with Gasteiger partial charge in [0.05, 0.1) is 0 Å². The molecule has 0 spiro atoms. The molecule has 0 nitrogen and oxygen atoms in total. The van der Waals surface area contributed by atoms with Crippen LogP contribution in [0, 0.1) is 0 Å². The molecule has 2 heteroatoms. The molecule has 0 fully saturated rings. The first-order valence-corrected chi connectivity index (χ1v) is 4.55. The van der Waals surface area contributed by atoms with Crippen molar-refractivity contribution in [2.45, 2.75) is 19.8 Å². The number of hydrogen-bond acceptors (Lipinski definition) is 0. The molecule has 0 amide bonds. The zero-order chi connectivity index (χ0) is 8.39. The molecule has 2 aromatic rings. The van der Waals surface area contributed by atoms with Gasteiger partial charge >= 0.3 is 0 Å². The van der Waals surface area contributed by atoms with Crippen LogP contribution in [0.2, 0.25) is 0 Å². The normalized spacial score (nSPS) is 9.21. The average molecular weight is 268 g/mol. The van der Waals surface area contributed by atoms with Gasteiger partial charge in [0.2, 0.25) is 0 Å². The molecule has 0 aliphatic carbocycles. The van der Waals surface area contributed by atoms with Crippen molar-refractivity contribution in [3.63, 3.8) is 0 Å². The molecule has 0 aromatic heterocycles. The maximum absolute atomic E-state index is 2.24. The van der Waals surface area contributed by atoms with Gasteiger partial charge in [-0.15, -0.1) is 40.6 Å². The quantitative estimate of drug-likeness (QED) is 0.729. The Morgan fingerprint density at radius 3 is 2.57 bits per heavy atom. The van der Waals surface area contributed by atoms with Crippen LogP contribution >= 0.6 is 0 Å². The minimum atomic E-state index is 0. The smallest absolute Gasteiger partial charge is 0 e. The molecule has 0 unspecified atom stereocenters. The average Bonchev–Trinajstić information content (AvgIpc) is 2.50. The number of halogens is 1. The molecule has 0 saturated carbocycles. The maximum Gasteiger partial charge on any atom is 0 e. The van der Waals surface area contributed by atoms with E-state index in [1.807, 2.05) is 0 Å². The zero-order valence-electron chi connectivity index (χ0n) is 8.29. The molecular weight excluding hydrogens is 254 g/mol. The molecule has 0 N–H and O–H groups in total. The zero-order valence-corrected chi connectivity index (χ0v) is 10.7. The Morgan fingerprint density at radius 1 is 1.14 bits per heavy atom. The van der Waals surface area contributed by atoms with Crippen molar-refractivity contribution in [3.8, 4) is 0 Å². The van der Waals surface area contributed by atoms with Gasteiger partial charge in [-0.05, 0) is 0 Å². The summed E-state index contributed by atoms with van der Waals surface area (Å²) in [5, 5.41) is 2.81. The number of rotatable bonds is 2. The van der Waals surface area contributed by atoms with E-state index < -0.39 is 0 Å². The van der Waals surface area contributed by atoms with Crippen molar-refractivity contribution in [1.29, 1.82) is 0 Å². The van der Waals surface area contributed by atoms with Gasteiger partial charge in [-0.2, -0.15) is 6.07 Å². The summed E-state index contributed by atoms with van der Waals surface area (Å²) < 4.78 is 0. The second-order valence-electron chi connectivity index (χ2n) is 3.20. The number of hydrogen-bond donors (Lipinski definition) is 0. The summed E-state index contributed by atoms with van der Waals surface area (Å²) in [6.45, 7) is 2.22. The van der Waals surface area contributed by atoms with Crippen molar-refractivity contribution in [2.75, 3.05) is 0 Å². The van der Waals surface area contributed by atoms with E-state index in [-0.39, 0.29) is 30.9 Å². The Bertz CT molecular complexity index is 378. The van der Waals surface area contributed by atoms with Crippen LogP contribution in [0.3, 0.4) is 0 Å². The van der Waals surface area contributed by atoms with Gasteiger partial charge in [-0.25, -0.2) is 0 Å². The SMILES string of the molecule is CCC[c-]1ccc2ccccc21.F.[Zr]. The number of benzene rings is 1. The topological polar surface area (TPSA) is 0 Å². The van der Waals surface area contributed by atoms with Gasteiger partial charge < -0.3 is 0 Å². The Kier molecular flexibility index (Phi) is 6.03. The second kappa shape index (κ2) is 6.19. The fourth-order valence-corrected chi connectivity index (χ4v) is 1.70. The summed E-state index contributed by atoms with van der Waals surface area (Å²) in [4.78, 5) is 0. The predicted octanol–water partition coefficient (Wildman–Crippen LogP) is 3.66. The standard InChI is InChI=1S/C12H13.FH.Zr/c1-2-5-10-8-9-11-6-3-4-7-12(10)11;;/h3-4,6-9H,2,5H2,1H3;1H;/q-1;;. The van der Waals surface area contributed by atoms with E-state index in [9.17, 15) is 0 Å². The summed E-state index contributed by atoms with van der Waals surface area (Å²) in [5.41, 5.74) is 1.49. The van der Waals surface area contributed by atoms with Gasteiger partial charge in [-0.3, -0.25) is 4.70 Å². The third-order valence-electron chi connectivity index (χ3n) is 2.29. The molecule has 2 aromatic carbocycles. The molecule has 14 heavy (non-hydrogen) atoms. The molecular formula is C12H14FZr-. The second-order valence-corrected chi connectivity index (χ2v) is 3.20. The largest absolute Gasteiger partial charge is 0.269 e. The van der Waals surface area contributed by atoms with E-state index in [1.165, 1.54) is 29.2 Å². The molecule has 0 aliphatic rings. The van der Waals surface area contributed by atoms with Gasteiger partial charge in [0.1, 0.15) is 0 Å². The van der Waals surface area contributed by atoms with E-state index in [0.29, 0.717) is 0 Å². The van der Waals surface area contributed by atoms with E-state index in [4.69, 9.17) is 0 Å². The fraction of sp³-hybridized carbons (Fsp3) is 0.250. The Morgan fingerprint density at radius 2 is 1.86 bits per heavy atom. The first-order chi connectivity index (χ1) is 5.92. The van der Waals surface area contributed by atoms with E-state index in [1.54, 1.807) is 0 Å². The molecule has 74 valence electrons. The van der Waals surface area contributed by atoms with Crippen molar-refractivity contribution in [3.05, 3.63) is 42.0 Å². The summed E-state index contributed by atoms with van der Waals surface area (Å²) in [7, 11) is 0. The molecule has 0 bridgehead atoms. The van der Waals surface area contributed by atoms with Crippen LogP contribution in [0.5, 0.6) is 0 Å². The van der Waals surface area contributed by atoms with Crippen LogP contribution in [0.25, 0.3) is 10.8 Å². The monoisotopic (exact) mass is 267 g/mol. The maximum atomic E-state index is 2.24. The van der Waals surface area contributed by atoms with Crippen molar-refractivity contribution in [1.82, 2.24) is 0 Å². The Labute approximate surface area is 103 Å². The van der Waals surface area contributed by atoms with Crippen molar-refractivity contribution < 1.29 is 30.9 Å². The summed E-state index contributed by atoms with van der Waals surface area (Å²) >= 11 is 0. The molecule has 0 saturated heterocycles. The molecule has 2 rings (SSSR count). The van der Waals surface area contributed by atoms with Gasteiger partial charge in [0, 0.05) is 26.2 Å². The van der Waals surface area contributed by atoms with Gasteiger partial charge in [-0.1, -0.05) is 25.8 Å². The van der Waals surface area contributed by atoms with Crippen LogP contribution in [-0.4, -0.2) is 0 Å². The molecule has 0 radical (unpaired) electrons. The van der Waals surface area contributed by atoms with Gasteiger partial charge in [0.25, 0.3) is 0 Å². The van der Waals surface area contributed by atoms with Crippen LogP contribution in [0.4, 0.5) is 4.70 Å².